The molecule has 0 amide bonds. The first-order valence-electron chi connectivity index (χ1n) is 4.46. The second kappa shape index (κ2) is 5.18. The van der Waals surface area contributed by atoms with E-state index < -0.39 is 0 Å². The van der Waals surface area contributed by atoms with E-state index in [0.29, 0.717) is 5.41 Å². The van der Waals surface area contributed by atoms with Gasteiger partial charge in [0.15, 0.2) is 0 Å². The van der Waals surface area contributed by atoms with Crippen molar-refractivity contribution in [3.63, 3.8) is 0 Å². The van der Waals surface area contributed by atoms with Gasteiger partial charge in [-0.1, -0.05) is 50.0 Å². The van der Waals surface area contributed by atoms with Crippen LogP contribution in [0.4, 0.5) is 0 Å². The summed E-state index contributed by atoms with van der Waals surface area (Å²) in [6.45, 7) is 9.30. The molecule has 0 N–H and O–H groups in total. The highest BCUT2D eigenvalue weighted by molar-refractivity contribution is 9.10. The lowest BCUT2D eigenvalue weighted by molar-refractivity contribution is 0.210. The molecule has 0 heterocycles. The fourth-order valence-corrected chi connectivity index (χ4v) is 1.90. The van der Waals surface area contributed by atoms with Crippen LogP contribution in [-0.4, -0.2) is 0 Å². The summed E-state index contributed by atoms with van der Waals surface area (Å²) >= 11 is 3.37. The standard InChI is InChI=1S/C10H20Br/c1-5-7-10(3,4)9(2)6-8-11/h8-9H,5-7H2,1-4H3. The topological polar surface area (TPSA) is 0 Å². The van der Waals surface area contributed by atoms with E-state index in [-0.39, 0.29) is 0 Å². The zero-order valence-corrected chi connectivity index (χ0v) is 9.74. The first kappa shape index (κ1) is 11.5. The van der Waals surface area contributed by atoms with Crippen LogP contribution >= 0.6 is 15.9 Å². The average molecular weight is 220 g/mol. The van der Waals surface area contributed by atoms with Crippen molar-refractivity contribution in [1.82, 2.24) is 0 Å². The van der Waals surface area contributed by atoms with Crippen LogP contribution in [0.3, 0.4) is 0 Å². The molecular weight excluding hydrogens is 200 g/mol. The van der Waals surface area contributed by atoms with Crippen molar-refractivity contribution in [1.29, 1.82) is 0 Å². The molecular formula is C10H20Br. The van der Waals surface area contributed by atoms with Gasteiger partial charge in [0, 0.05) is 5.33 Å². The van der Waals surface area contributed by atoms with Crippen LogP contribution in [0, 0.1) is 16.7 Å². The Balaban J connectivity index is 3.83. The van der Waals surface area contributed by atoms with Crippen molar-refractivity contribution in [2.45, 2.75) is 47.0 Å². The molecule has 0 saturated carbocycles. The SMILES string of the molecule is CCCC(C)(C)C(C)C[CH]Br. The van der Waals surface area contributed by atoms with Gasteiger partial charge in [-0.15, -0.1) is 0 Å². The van der Waals surface area contributed by atoms with Gasteiger partial charge in [-0.2, -0.15) is 0 Å². The second-order valence-corrected chi connectivity index (χ2v) is 4.68. The second-order valence-electron chi connectivity index (χ2n) is 4.03. The van der Waals surface area contributed by atoms with Gasteiger partial charge in [-0.05, 0) is 24.2 Å². The number of rotatable bonds is 5. The monoisotopic (exact) mass is 219 g/mol. The van der Waals surface area contributed by atoms with E-state index in [1.807, 2.05) is 0 Å². The van der Waals surface area contributed by atoms with E-state index in [1.165, 1.54) is 19.3 Å². The third kappa shape index (κ3) is 4.15. The van der Waals surface area contributed by atoms with Crippen molar-refractivity contribution >= 4 is 15.9 Å². The largest absolute Gasteiger partial charge is 0.0878 e. The summed E-state index contributed by atoms with van der Waals surface area (Å²) in [4.78, 5) is 0. The Morgan fingerprint density at radius 1 is 1.45 bits per heavy atom. The molecule has 1 atom stereocenters. The van der Waals surface area contributed by atoms with Gasteiger partial charge in [0.2, 0.25) is 0 Å². The third-order valence-electron chi connectivity index (χ3n) is 2.67. The summed E-state index contributed by atoms with van der Waals surface area (Å²) in [7, 11) is 0. The summed E-state index contributed by atoms with van der Waals surface area (Å²) < 4.78 is 0. The summed E-state index contributed by atoms with van der Waals surface area (Å²) in [6.07, 6.45) is 3.79. The van der Waals surface area contributed by atoms with Gasteiger partial charge < -0.3 is 0 Å². The van der Waals surface area contributed by atoms with Crippen LogP contribution in [0.2, 0.25) is 0 Å². The predicted octanol–water partition coefficient (Wildman–Crippen LogP) is 4.40. The highest BCUT2D eigenvalue weighted by Crippen LogP contribution is 2.34. The molecule has 0 aromatic heterocycles. The van der Waals surface area contributed by atoms with Crippen LogP contribution < -0.4 is 0 Å². The van der Waals surface area contributed by atoms with Gasteiger partial charge in [-0.3, -0.25) is 0 Å². The maximum Gasteiger partial charge on any atom is 0.0273 e. The van der Waals surface area contributed by atoms with E-state index >= 15 is 0 Å². The smallest absolute Gasteiger partial charge is 0.0273 e. The maximum absolute atomic E-state index is 3.37. The molecule has 1 heteroatoms. The Bertz CT molecular complexity index is 97.0. The van der Waals surface area contributed by atoms with Crippen LogP contribution in [0.15, 0.2) is 0 Å². The van der Waals surface area contributed by atoms with E-state index in [1.54, 1.807) is 0 Å². The van der Waals surface area contributed by atoms with Crippen LogP contribution in [0.5, 0.6) is 0 Å². The molecule has 0 aromatic carbocycles. The van der Waals surface area contributed by atoms with Gasteiger partial charge in [0.05, 0.1) is 0 Å². The fraction of sp³-hybridized carbons (Fsp3) is 0.900. The predicted molar refractivity (Wildman–Crippen MR) is 55.7 cm³/mol. The van der Waals surface area contributed by atoms with Crippen LogP contribution in [0.25, 0.3) is 0 Å². The summed E-state index contributed by atoms with van der Waals surface area (Å²) in [5.74, 6) is 0.779. The molecule has 0 bridgehead atoms. The Hall–Kier alpha value is 0.480. The maximum atomic E-state index is 3.37. The highest BCUT2D eigenvalue weighted by Gasteiger charge is 2.23. The molecule has 0 aromatic rings. The van der Waals surface area contributed by atoms with E-state index in [4.69, 9.17) is 0 Å². The number of halogens is 1. The zero-order chi connectivity index (χ0) is 8.91. The van der Waals surface area contributed by atoms with Crippen molar-refractivity contribution in [2.75, 3.05) is 0 Å². The molecule has 0 aliphatic rings. The molecule has 1 radical (unpaired) electrons. The lowest BCUT2D eigenvalue weighted by Crippen LogP contribution is -2.20. The molecule has 11 heavy (non-hydrogen) atoms. The highest BCUT2D eigenvalue weighted by atomic mass is 79.9. The van der Waals surface area contributed by atoms with Crippen LogP contribution in [0.1, 0.15) is 47.0 Å². The first-order valence-corrected chi connectivity index (χ1v) is 5.38. The Morgan fingerprint density at radius 3 is 2.36 bits per heavy atom. The molecule has 67 valence electrons. The number of hydrogen-bond donors (Lipinski definition) is 0. The summed E-state index contributed by atoms with van der Waals surface area (Å²) in [5, 5.41) is 2.09. The minimum absolute atomic E-state index is 0.499. The van der Waals surface area contributed by atoms with E-state index in [9.17, 15) is 0 Å². The Morgan fingerprint density at radius 2 is 2.00 bits per heavy atom. The Kier molecular flexibility index (Phi) is 5.41. The molecule has 0 aliphatic heterocycles. The molecule has 0 fully saturated rings. The molecule has 1 unspecified atom stereocenters. The zero-order valence-electron chi connectivity index (χ0n) is 8.15. The first-order chi connectivity index (χ1) is 5.04. The lowest BCUT2D eigenvalue weighted by atomic mass is 9.75. The van der Waals surface area contributed by atoms with Crippen molar-refractivity contribution in [3.8, 4) is 0 Å². The fourth-order valence-electron chi connectivity index (χ4n) is 1.34. The van der Waals surface area contributed by atoms with Crippen molar-refractivity contribution in [3.05, 3.63) is 5.33 Å². The minimum atomic E-state index is 0.499. The van der Waals surface area contributed by atoms with Gasteiger partial charge in [-0.25, -0.2) is 0 Å². The molecule has 0 nitrogen and oxygen atoms in total. The van der Waals surface area contributed by atoms with E-state index in [0.717, 1.165) is 5.92 Å². The van der Waals surface area contributed by atoms with Gasteiger partial charge >= 0.3 is 0 Å². The van der Waals surface area contributed by atoms with E-state index in [2.05, 4.69) is 49.0 Å². The normalized spacial score (nSPS) is 15.0. The van der Waals surface area contributed by atoms with Crippen molar-refractivity contribution in [2.24, 2.45) is 11.3 Å². The third-order valence-corrected chi connectivity index (χ3v) is 3.04. The lowest BCUT2D eigenvalue weighted by Gasteiger charge is -2.31. The minimum Gasteiger partial charge on any atom is -0.0878 e. The Labute approximate surface area is 79.9 Å². The summed E-state index contributed by atoms with van der Waals surface area (Å²) in [5.41, 5.74) is 0.499. The quantitative estimate of drug-likeness (QED) is 0.644. The average Bonchev–Trinajstić information content (AvgIpc) is 1.88. The molecule has 0 spiro atoms. The van der Waals surface area contributed by atoms with Gasteiger partial charge in [0.25, 0.3) is 0 Å². The molecule has 0 rings (SSSR count). The van der Waals surface area contributed by atoms with Crippen LogP contribution in [-0.2, 0) is 0 Å². The van der Waals surface area contributed by atoms with Crippen molar-refractivity contribution < 1.29 is 0 Å². The molecule has 0 saturated heterocycles. The van der Waals surface area contributed by atoms with Gasteiger partial charge in [0.1, 0.15) is 0 Å². The summed E-state index contributed by atoms with van der Waals surface area (Å²) in [6, 6.07) is 0. The molecule has 0 aliphatic carbocycles. The number of hydrogen-bond acceptors (Lipinski definition) is 0.